The third-order valence-corrected chi connectivity index (χ3v) is 4.76. The molecule has 0 heterocycles. The zero-order valence-electron chi connectivity index (χ0n) is 17.1. The Morgan fingerprint density at radius 2 is 1.62 bits per heavy atom. The summed E-state index contributed by atoms with van der Waals surface area (Å²) < 4.78 is 17.1. The van der Waals surface area contributed by atoms with Crippen molar-refractivity contribution in [3.63, 3.8) is 0 Å². The summed E-state index contributed by atoms with van der Waals surface area (Å²) in [5.41, 5.74) is 4.44. The molecule has 1 atom stereocenters. The molecule has 3 aromatic carbocycles. The molecule has 4 heteroatoms. The van der Waals surface area contributed by atoms with Gasteiger partial charge in [0.15, 0.2) is 0 Å². The molecule has 29 heavy (non-hydrogen) atoms. The number of ether oxygens (including phenoxy) is 3. The van der Waals surface area contributed by atoms with E-state index in [4.69, 9.17) is 14.2 Å². The van der Waals surface area contributed by atoms with Gasteiger partial charge in [-0.1, -0.05) is 61.5 Å². The van der Waals surface area contributed by atoms with Crippen molar-refractivity contribution in [2.45, 2.75) is 33.2 Å². The summed E-state index contributed by atoms with van der Waals surface area (Å²) in [5, 5.41) is 0. The molecule has 0 saturated carbocycles. The van der Waals surface area contributed by atoms with Crippen LogP contribution in [0.1, 0.15) is 45.8 Å². The average molecular weight is 390 g/mol. The summed E-state index contributed by atoms with van der Waals surface area (Å²) in [7, 11) is 1.38. The van der Waals surface area contributed by atoms with Crippen molar-refractivity contribution >= 4 is 5.97 Å². The number of aryl methyl sites for hydroxylation is 2. The highest BCUT2D eigenvalue weighted by molar-refractivity contribution is 5.91. The first-order valence-electron chi connectivity index (χ1n) is 9.70. The van der Waals surface area contributed by atoms with Crippen LogP contribution in [-0.2, 0) is 22.5 Å². The molecule has 0 fully saturated rings. The predicted octanol–water partition coefficient (Wildman–Crippen LogP) is 5.64. The van der Waals surface area contributed by atoms with Crippen LogP contribution in [0.15, 0.2) is 72.8 Å². The van der Waals surface area contributed by atoms with Gasteiger partial charge in [-0.2, -0.15) is 0 Å². The molecule has 0 aromatic heterocycles. The Morgan fingerprint density at radius 3 is 2.28 bits per heavy atom. The van der Waals surface area contributed by atoms with Gasteiger partial charge in [-0.15, -0.1) is 0 Å². The van der Waals surface area contributed by atoms with Gasteiger partial charge in [0, 0.05) is 5.56 Å². The number of esters is 1. The number of carbonyl (C=O) groups is 1. The lowest BCUT2D eigenvalue weighted by atomic mass is 10.0. The Kier molecular flexibility index (Phi) is 7.04. The summed E-state index contributed by atoms with van der Waals surface area (Å²) in [6.45, 7) is 4.40. The quantitative estimate of drug-likeness (QED) is 0.369. The average Bonchev–Trinajstić information content (AvgIpc) is 2.77. The normalized spacial score (nSPS) is 11.7. The molecule has 3 aromatic rings. The molecule has 0 spiro atoms. The van der Waals surface area contributed by atoms with Gasteiger partial charge in [-0.3, -0.25) is 0 Å². The second-order valence-corrected chi connectivity index (χ2v) is 6.81. The molecule has 0 aliphatic rings. The van der Waals surface area contributed by atoms with Gasteiger partial charge in [-0.25, -0.2) is 4.79 Å². The molecule has 0 aliphatic carbocycles. The van der Waals surface area contributed by atoms with Gasteiger partial charge in [0.1, 0.15) is 5.75 Å². The minimum Gasteiger partial charge on any atom is -0.465 e. The molecule has 0 amide bonds. The summed E-state index contributed by atoms with van der Waals surface area (Å²) in [6, 6.07) is 23.4. The SMILES string of the molecule is CCc1ccc(COC(Oc2ccccc2)c2ccc(C)c(C(=O)OC)c2)cc1. The van der Waals surface area contributed by atoms with Gasteiger partial charge in [0.2, 0.25) is 6.29 Å². The van der Waals surface area contributed by atoms with Gasteiger partial charge in [0.25, 0.3) is 0 Å². The van der Waals surface area contributed by atoms with E-state index in [9.17, 15) is 4.79 Å². The van der Waals surface area contributed by atoms with Crippen LogP contribution in [0.2, 0.25) is 0 Å². The van der Waals surface area contributed by atoms with Crippen LogP contribution in [-0.4, -0.2) is 13.1 Å². The van der Waals surface area contributed by atoms with Crippen molar-refractivity contribution in [1.82, 2.24) is 0 Å². The first-order chi connectivity index (χ1) is 14.1. The fourth-order valence-corrected chi connectivity index (χ4v) is 2.98. The van der Waals surface area contributed by atoms with Crippen LogP contribution in [0.25, 0.3) is 0 Å². The molecule has 3 rings (SSSR count). The summed E-state index contributed by atoms with van der Waals surface area (Å²) in [6.07, 6.45) is 0.341. The van der Waals surface area contributed by atoms with E-state index in [1.807, 2.05) is 49.4 Å². The highest BCUT2D eigenvalue weighted by Gasteiger charge is 2.18. The van der Waals surface area contributed by atoms with Crippen molar-refractivity contribution < 1.29 is 19.0 Å². The van der Waals surface area contributed by atoms with Crippen molar-refractivity contribution in [2.24, 2.45) is 0 Å². The fourth-order valence-electron chi connectivity index (χ4n) is 2.98. The van der Waals surface area contributed by atoms with E-state index in [0.717, 1.165) is 23.1 Å². The largest absolute Gasteiger partial charge is 0.465 e. The van der Waals surface area contributed by atoms with E-state index in [2.05, 4.69) is 31.2 Å². The summed E-state index contributed by atoms with van der Waals surface area (Å²) in [4.78, 5) is 12.1. The minimum atomic E-state index is -0.660. The summed E-state index contributed by atoms with van der Waals surface area (Å²) in [5.74, 6) is 0.317. The Morgan fingerprint density at radius 1 is 0.931 bits per heavy atom. The Hall–Kier alpha value is -3.11. The van der Waals surface area contributed by atoms with Crippen LogP contribution >= 0.6 is 0 Å². The Balaban J connectivity index is 1.85. The fraction of sp³-hybridized carbons (Fsp3) is 0.240. The minimum absolute atomic E-state index is 0.377. The lowest BCUT2D eigenvalue weighted by Gasteiger charge is -2.21. The second-order valence-electron chi connectivity index (χ2n) is 6.81. The van der Waals surface area contributed by atoms with E-state index in [0.29, 0.717) is 17.9 Å². The molecule has 0 N–H and O–H groups in total. The lowest BCUT2D eigenvalue weighted by Crippen LogP contribution is -2.14. The molecular weight excluding hydrogens is 364 g/mol. The molecular formula is C25H26O4. The first kappa shape index (κ1) is 20.6. The Bertz CT molecular complexity index is 933. The molecule has 0 radical (unpaired) electrons. The maximum Gasteiger partial charge on any atom is 0.338 e. The Labute approximate surface area is 172 Å². The number of carbonyl (C=O) groups excluding carboxylic acids is 1. The number of hydrogen-bond acceptors (Lipinski definition) is 4. The number of benzene rings is 3. The number of methoxy groups -OCH3 is 1. The zero-order valence-corrected chi connectivity index (χ0v) is 17.1. The maximum absolute atomic E-state index is 12.1. The number of rotatable bonds is 8. The van der Waals surface area contributed by atoms with Gasteiger partial charge < -0.3 is 14.2 Å². The van der Waals surface area contributed by atoms with Crippen molar-refractivity contribution in [3.05, 3.63) is 101 Å². The molecule has 4 nitrogen and oxygen atoms in total. The highest BCUT2D eigenvalue weighted by atomic mass is 16.7. The standard InChI is InChI=1S/C25H26O4/c1-4-19-11-13-20(14-12-19)17-28-25(29-22-8-6-5-7-9-22)21-15-10-18(2)23(16-21)24(26)27-3/h5-16,25H,4,17H2,1-3H3. The van der Waals surface area contributed by atoms with Gasteiger partial charge in [0.05, 0.1) is 19.3 Å². The monoisotopic (exact) mass is 390 g/mol. The maximum atomic E-state index is 12.1. The molecule has 0 saturated heterocycles. The summed E-state index contributed by atoms with van der Waals surface area (Å²) >= 11 is 0. The zero-order chi connectivity index (χ0) is 20.6. The van der Waals surface area contributed by atoms with Crippen molar-refractivity contribution in [1.29, 1.82) is 0 Å². The second kappa shape index (κ2) is 9.89. The van der Waals surface area contributed by atoms with Crippen molar-refractivity contribution in [2.75, 3.05) is 7.11 Å². The van der Waals surface area contributed by atoms with Crippen LogP contribution in [0.5, 0.6) is 5.75 Å². The third-order valence-electron chi connectivity index (χ3n) is 4.76. The van der Waals surface area contributed by atoms with E-state index < -0.39 is 6.29 Å². The molecule has 150 valence electrons. The number of para-hydroxylation sites is 1. The smallest absolute Gasteiger partial charge is 0.338 e. The highest BCUT2D eigenvalue weighted by Crippen LogP contribution is 2.26. The first-order valence-corrected chi connectivity index (χ1v) is 9.70. The lowest BCUT2D eigenvalue weighted by molar-refractivity contribution is -0.0929. The predicted molar refractivity (Wildman–Crippen MR) is 113 cm³/mol. The van der Waals surface area contributed by atoms with Crippen LogP contribution in [0.3, 0.4) is 0 Å². The molecule has 0 aliphatic heterocycles. The van der Waals surface area contributed by atoms with Crippen LogP contribution in [0, 0.1) is 6.92 Å². The number of hydrogen-bond donors (Lipinski definition) is 0. The van der Waals surface area contributed by atoms with E-state index in [1.54, 1.807) is 6.07 Å². The molecule has 0 bridgehead atoms. The topological polar surface area (TPSA) is 44.8 Å². The third kappa shape index (κ3) is 5.46. The van der Waals surface area contributed by atoms with E-state index >= 15 is 0 Å². The van der Waals surface area contributed by atoms with E-state index in [-0.39, 0.29) is 5.97 Å². The van der Waals surface area contributed by atoms with E-state index in [1.165, 1.54) is 12.7 Å². The van der Waals surface area contributed by atoms with Gasteiger partial charge in [-0.05, 0) is 48.2 Å². The van der Waals surface area contributed by atoms with Crippen LogP contribution in [0.4, 0.5) is 0 Å². The van der Waals surface area contributed by atoms with Gasteiger partial charge >= 0.3 is 5.97 Å². The molecule has 1 unspecified atom stereocenters. The van der Waals surface area contributed by atoms with Crippen LogP contribution < -0.4 is 4.74 Å². The van der Waals surface area contributed by atoms with Crippen molar-refractivity contribution in [3.8, 4) is 5.75 Å².